The molecule has 0 aliphatic rings. The van der Waals surface area contributed by atoms with Crippen LogP contribution in [0.1, 0.15) is 18.7 Å². The Morgan fingerprint density at radius 1 is 1.53 bits per heavy atom. The summed E-state index contributed by atoms with van der Waals surface area (Å²) in [4.78, 5) is 15.6. The molecule has 1 unspecified atom stereocenters. The SMILES string of the molecule is COCCNC(=O)CNC(C)c1ccccn1. The van der Waals surface area contributed by atoms with Gasteiger partial charge in [0, 0.05) is 25.9 Å². The second kappa shape index (κ2) is 7.76. The Balaban J connectivity index is 2.24. The standard InChI is InChI=1S/C12H19N3O2/c1-10(11-5-3-4-6-13-11)15-9-12(16)14-7-8-17-2/h3-6,10,15H,7-9H2,1-2H3,(H,14,16). The Hall–Kier alpha value is -1.46. The molecule has 0 fully saturated rings. The van der Waals surface area contributed by atoms with Crippen LogP contribution >= 0.6 is 0 Å². The van der Waals surface area contributed by atoms with Gasteiger partial charge in [-0.2, -0.15) is 0 Å². The van der Waals surface area contributed by atoms with Crippen molar-refractivity contribution >= 4 is 5.91 Å². The van der Waals surface area contributed by atoms with Crippen molar-refractivity contribution in [2.24, 2.45) is 0 Å². The highest BCUT2D eigenvalue weighted by molar-refractivity contribution is 5.77. The number of hydrogen-bond donors (Lipinski definition) is 2. The Morgan fingerprint density at radius 2 is 2.35 bits per heavy atom. The zero-order valence-corrected chi connectivity index (χ0v) is 10.3. The predicted molar refractivity (Wildman–Crippen MR) is 65.5 cm³/mol. The number of rotatable bonds is 7. The first-order valence-electron chi connectivity index (χ1n) is 5.64. The van der Waals surface area contributed by atoms with Crippen LogP contribution in [0.3, 0.4) is 0 Å². The minimum Gasteiger partial charge on any atom is -0.383 e. The molecule has 0 aromatic carbocycles. The molecular weight excluding hydrogens is 218 g/mol. The molecule has 1 aromatic heterocycles. The molecule has 2 N–H and O–H groups in total. The molecule has 1 heterocycles. The van der Waals surface area contributed by atoms with Crippen molar-refractivity contribution in [3.05, 3.63) is 30.1 Å². The predicted octanol–water partition coefficient (Wildman–Crippen LogP) is 0.495. The van der Waals surface area contributed by atoms with Crippen LogP contribution in [0.25, 0.3) is 0 Å². The Labute approximate surface area is 102 Å². The summed E-state index contributed by atoms with van der Waals surface area (Å²) in [5.74, 6) is -0.0372. The van der Waals surface area contributed by atoms with Crippen LogP contribution in [0.5, 0.6) is 0 Å². The summed E-state index contributed by atoms with van der Waals surface area (Å²) in [5, 5.41) is 5.85. The summed E-state index contributed by atoms with van der Waals surface area (Å²) in [5.41, 5.74) is 0.928. The highest BCUT2D eigenvalue weighted by atomic mass is 16.5. The smallest absolute Gasteiger partial charge is 0.234 e. The van der Waals surface area contributed by atoms with E-state index in [1.54, 1.807) is 13.3 Å². The number of pyridine rings is 1. The van der Waals surface area contributed by atoms with E-state index in [0.29, 0.717) is 13.2 Å². The number of carbonyl (C=O) groups excluding carboxylic acids is 1. The van der Waals surface area contributed by atoms with Gasteiger partial charge in [-0.05, 0) is 19.1 Å². The third-order valence-corrected chi connectivity index (χ3v) is 2.33. The molecule has 1 atom stereocenters. The summed E-state index contributed by atoms with van der Waals surface area (Å²) in [6.07, 6.45) is 1.74. The van der Waals surface area contributed by atoms with E-state index in [0.717, 1.165) is 5.69 Å². The van der Waals surface area contributed by atoms with Gasteiger partial charge in [-0.15, -0.1) is 0 Å². The molecule has 5 nitrogen and oxygen atoms in total. The molecule has 0 saturated heterocycles. The maximum atomic E-state index is 11.4. The minimum atomic E-state index is -0.0372. The fourth-order valence-corrected chi connectivity index (χ4v) is 1.34. The fourth-order valence-electron chi connectivity index (χ4n) is 1.34. The third-order valence-electron chi connectivity index (χ3n) is 2.33. The van der Waals surface area contributed by atoms with E-state index < -0.39 is 0 Å². The van der Waals surface area contributed by atoms with Crippen molar-refractivity contribution in [2.45, 2.75) is 13.0 Å². The average Bonchev–Trinajstić information content (AvgIpc) is 2.37. The van der Waals surface area contributed by atoms with Crippen molar-refractivity contribution in [2.75, 3.05) is 26.8 Å². The quantitative estimate of drug-likeness (QED) is 0.678. The number of hydrogen-bond acceptors (Lipinski definition) is 4. The van der Waals surface area contributed by atoms with Gasteiger partial charge >= 0.3 is 0 Å². The summed E-state index contributed by atoms with van der Waals surface area (Å²) < 4.78 is 4.84. The molecule has 17 heavy (non-hydrogen) atoms. The summed E-state index contributed by atoms with van der Waals surface area (Å²) in [7, 11) is 1.60. The Morgan fingerprint density at radius 3 is 3.00 bits per heavy atom. The minimum absolute atomic E-state index is 0.0372. The molecule has 0 radical (unpaired) electrons. The number of amides is 1. The lowest BCUT2D eigenvalue weighted by Gasteiger charge is -2.12. The first kappa shape index (κ1) is 13.6. The van der Waals surface area contributed by atoms with Crippen LogP contribution < -0.4 is 10.6 Å². The van der Waals surface area contributed by atoms with Crippen LogP contribution in [-0.2, 0) is 9.53 Å². The third kappa shape index (κ3) is 5.42. The maximum absolute atomic E-state index is 11.4. The van der Waals surface area contributed by atoms with E-state index in [9.17, 15) is 4.79 Å². The molecule has 1 amide bonds. The molecule has 1 aromatic rings. The largest absolute Gasteiger partial charge is 0.383 e. The normalized spacial score (nSPS) is 12.1. The van der Waals surface area contributed by atoms with Crippen molar-refractivity contribution in [1.82, 2.24) is 15.6 Å². The lowest BCUT2D eigenvalue weighted by molar-refractivity contribution is -0.120. The van der Waals surface area contributed by atoms with Crippen LogP contribution in [0.15, 0.2) is 24.4 Å². The number of nitrogens with one attached hydrogen (secondary N) is 2. The van der Waals surface area contributed by atoms with E-state index in [-0.39, 0.29) is 18.5 Å². The second-order valence-electron chi connectivity index (χ2n) is 3.70. The lowest BCUT2D eigenvalue weighted by Crippen LogP contribution is -2.36. The van der Waals surface area contributed by atoms with E-state index in [1.165, 1.54) is 0 Å². The van der Waals surface area contributed by atoms with Gasteiger partial charge in [-0.3, -0.25) is 9.78 Å². The number of nitrogens with zero attached hydrogens (tertiary/aromatic N) is 1. The zero-order chi connectivity index (χ0) is 12.5. The van der Waals surface area contributed by atoms with E-state index in [1.807, 2.05) is 25.1 Å². The Bertz CT molecular complexity index is 330. The highest BCUT2D eigenvalue weighted by Gasteiger charge is 2.07. The Kier molecular flexibility index (Phi) is 6.21. The van der Waals surface area contributed by atoms with Gasteiger partial charge in [-0.1, -0.05) is 6.07 Å². The first-order chi connectivity index (χ1) is 8.24. The van der Waals surface area contributed by atoms with Crippen LogP contribution in [0.2, 0.25) is 0 Å². The van der Waals surface area contributed by atoms with Crippen LogP contribution in [-0.4, -0.2) is 37.7 Å². The van der Waals surface area contributed by atoms with Crippen LogP contribution in [0, 0.1) is 0 Å². The van der Waals surface area contributed by atoms with Gasteiger partial charge in [0.1, 0.15) is 0 Å². The van der Waals surface area contributed by atoms with Crippen molar-refractivity contribution in [1.29, 1.82) is 0 Å². The first-order valence-corrected chi connectivity index (χ1v) is 5.64. The highest BCUT2D eigenvalue weighted by Crippen LogP contribution is 2.06. The zero-order valence-electron chi connectivity index (χ0n) is 10.3. The number of aromatic nitrogens is 1. The number of carbonyl (C=O) groups is 1. The van der Waals surface area contributed by atoms with E-state index >= 15 is 0 Å². The molecule has 0 spiro atoms. The van der Waals surface area contributed by atoms with Crippen LogP contribution in [0.4, 0.5) is 0 Å². The van der Waals surface area contributed by atoms with Gasteiger partial charge in [0.05, 0.1) is 18.8 Å². The fraction of sp³-hybridized carbons (Fsp3) is 0.500. The van der Waals surface area contributed by atoms with Gasteiger partial charge in [0.15, 0.2) is 0 Å². The van der Waals surface area contributed by atoms with Crippen molar-refractivity contribution in [3.8, 4) is 0 Å². The summed E-state index contributed by atoms with van der Waals surface area (Å²) >= 11 is 0. The maximum Gasteiger partial charge on any atom is 0.234 e. The summed E-state index contributed by atoms with van der Waals surface area (Å²) in [6.45, 7) is 3.32. The molecule has 0 aliphatic heterocycles. The molecule has 0 bridgehead atoms. The molecule has 0 aliphatic carbocycles. The van der Waals surface area contributed by atoms with Crippen molar-refractivity contribution in [3.63, 3.8) is 0 Å². The topological polar surface area (TPSA) is 63.2 Å². The van der Waals surface area contributed by atoms with Gasteiger partial charge in [0.25, 0.3) is 0 Å². The molecule has 1 rings (SSSR count). The lowest BCUT2D eigenvalue weighted by atomic mass is 10.2. The monoisotopic (exact) mass is 237 g/mol. The summed E-state index contributed by atoms with van der Waals surface area (Å²) in [6, 6.07) is 5.79. The van der Waals surface area contributed by atoms with Gasteiger partial charge < -0.3 is 15.4 Å². The number of ether oxygens (including phenoxy) is 1. The van der Waals surface area contributed by atoms with E-state index in [4.69, 9.17) is 4.74 Å². The number of methoxy groups -OCH3 is 1. The molecular formula is C12H19N3O2. The average molecular weight is 237 g/mol. The van der Waals surface area contributed by atoms with Crippen molar-refractivity contribution < 1.29 is 9.53 Å². The second-order valence-corrected chi connectivity index (χ2v) is 3.70. The molecule has 0 saturated carbocycles. The molecule has 5 heteroatoms. The molecule has 94 valence electrons. The van der Waals surface area contributed by atoms with E-state index in [2.05, 4.69) is 15.6 Å². The van der Waals surface area contributed by atoms with Gasteiger partial charge in [-0.25, -0.2) is 0 Å². The van der Waals surface area contributed by atoms with Gasteiger partial charge in [0.2, 0.25) is 5.91 Å².